The Hall–Kier alpha value is -0.160. The molecule has 0 aromatic heterocycles. The van der Waals surface area contributed by atoms with Crippen molar-refractivity contribution in [1.82, 2.24) is 10.2 Å². The first-order chi connectivity index (χ1) is 8.35. The van der Waals surface area contributed by atoms with E-state index >= 15 is 0 Å². The summed E-state index contributed by atoms with van der Waals surface area (Å²) in [6.45, 7) is 3.36. The summed E-state index contributed by atoms with van der Waals surface area (Å²) in [7, 11) is 3.81. The average Bonchev–Trinajstić information content (AvgIpc) is 2.60. The fraction of sp³-hybridized carbons (Fsp3) is 1.00. The molecule has 4 nitrogen and oxygen atoms in total. The molecule has 2 unspecified atom stereocenters. The molecular formula is C13H26N2O2. The third-order valence-corrected chi connectivity index (χ3v) is 4.22. The van der Waals surface area contributed by atoms with Crippen LogP contribution in [0.1, 0.15) is 25.7 Å². The zero-order valence-corrected chi connectivity index (χ0v) is 11.2. The summed E-state index contributed by atoms with van der Waals surface area (Å²) in [5, 5.41) is 3.43. The summed E-state index contributed by atoms with van der Waals surface area (Å²) in [6.07, 6.45) is 5.37. The van der Waals surface area contributed by atoms with Gasteiger partial charge in [0.1, 0.15) is 0 Å². The molecule has 0 aromatic carbocycles. The Balaban J connectivity index is 1.68. The molecule has 2 aliphatic rings. The van der Waals surface area contributed by atoms with Crippen molar-refractivity contribution in [3.8, 4) is 0 Å². The molecule has 100 valence electrons. The Bertz CT molecular complexity index is 211. The predicted octanol–water partition coefficient (Wildman–Crippen LogP) is 0.864. The lowest BCUT2D eigenvalue weighted by Crippen LogP contribution is -2.49. The summed E-state index contributed by atoms with van der Waals surface area (Å²) in [5.41, 5.74) is 0. The topological polar surface area (TPSA) is 33.7 Å². The fourth-order valence-electron chi connectivity index (χ4n) is 3.29. The maximum absolute atomic E-state index is 5.57. The molecule has 2 saturated heterocycles. The number of rotatable bonds is 7. The highest BCUT2D eigenvalue weighted by atomic mass is 16.5. The molecule has 0 aromatic rings. The smallest absolute Gasteiger partial charge is 0.0700 e. The molecule has 0 saturated carbocycles. The molecule has 17 heavy (non-hydrogen) atoms. The summed E-state index contributed by atoms with van der Waals surface area (Å²) < 4.78 is 10.5. The minimum Gasteiger partial charge on any atom is -0.382 e. The Morgan fingerprint density at radius 2 is 1.82 bits per heavy atom. The van der Waals surface area contributed by atoms with Crippen molar-refractivity contribution in [2.24, 2.45) is 0 Å². The van der Waals surface area contributed by atoms with Gasteiger partial charge in [-0.25, -0.2) is 0 Å². The Kier molecular flexibility index (Phi) is 5.22. The van der Waals surface area contributed by atoms with Crippen LogP contribution in [0.15, 0.2) is 0 Å². The molecule has 2 heterocycles. The van der Waals surface area contributed by atoms with Crippen LogP contribution in [0.4, 0.5) is 0 Å². The third kappa shape index (κ3) is 3.41. The summed E-state index contributed by atoms with van der Waals surface area (Å²) in [5.74, 6) is 0. The first-order valence-corrected chi connectivity index (χ1v) is 6.85. The largest absolute Gasteiger partial charge is 0.382 e. The number of ether oxygens (including phenoxy) is 2. The average molecular weight is 242 g/mol. The molecule has 0 aliphatic carbocycles. The second-order valence-corrected chi connectivity index (χ2v) is 5.18. The van der Waals surface area contributed by atoms with Crippen LogP contribution in [0.2, 0.25) is 0 Å². The highest BCUT2D eigenvalue weighted by molar-refractivity contribution is 4.96. The zero-order valence-electron chi connectivity index (χ0n) is 11.2. The van der Waals surface area contributed by atoms with E-state index in [4.69, 9.17) is 9.47 Å². The standard InChI is InChI=1S/C13H26N2O2/c1-14-11-9-12-3-4-13(10-11)15(12)5-6-17-8-7-16-2/h11-14H,3-10H2,1-2H3. The molecule has 0 amide bonds. The molecule has 2 bridgehead atoms. The van der Waals surface area contributed by atoms with Gasteiger partial charge in [-0.3, -0.25) is 4.90 Å². The molecule has 0 radical (unpaired) electrons. The van der Waals surface area contributed by atoms with Crippen molar-refractivity contribution in [1.29, 1.82) is 0 Å². The van der Waals surface area contributed by atoms with E-state index in [9.17, 15) is 0 Å². The maximum Gasteiger partial charge on any atom is 0.0700 e. The van der Waals surface area contributed by atoms with Gasteiger partial charge in [-0.2, -0.15) is 0 Å². The lowest BCUT2D eigenvalue weighted by atomic mass is 9.97. The molecule has 2 aliphatic heterocycles. The van der Waals surface area contributed by atoms with E-state index in [-0.39, 0.29) is 0 Å². The monoisotopic (exact) mass is 242 g/mol. The van der Waals surface area contributed by atoms with Crippen LogP contribution < -0.4 is 5.32 Å². The summed E-state index contributed by atoms with van der Waals surface area (Å²) >= 11 is 0. The predicted molar refractivity (Wildman–Crippen MR) is 68.3 cm³/mol. The van der Waals surface area contributed by atoms with Crippen molar-refractivity contribution in [3.63, 3.8) is 0 Å². The van der Waals surface area contributed by atoms with Gasteiger partial charge in [0.15, 0.2) is 0 Å². The second-order valence-electron chi connectivity index (χ2n) is 5.18. The van der Waals surface area contributed by atoms with E-state index < -0.39 is 0 Å². The van der Waals surface area contributed by atoms with Crippen LogP contribution >= 0.6 is 0 Å². The Morgan fingerprint density at radius 1 is 1.12 bits per heavy atom. The Morgan fingerprint density at radius 3 is 2.41 bits per heavy atom. The number of methoxy groups -OCH3 is 1. The van der Waals surface area contributed by atoms with Gasteiger partial charge < -0.3 is 14.8 Å². The van der Waals surface area contributed by atoms with E-state index in [0.717, 1.165) is 37.9 Å². The second kappa shape index (κ2) is 6.69. The molecule has 2 atom stereocenters. The van der Waals surface area contributed by atoms with Crippen molar-refractivity contribution in [2.45, 2.75) is 43.8 Å². The summed E-state index contributed by atoms with van der Waals surface area (Å²) in [6, 6.07) is 2.31. The number of nitrogens with zero attached hydrogens (tertiary/aromatic N) is 1. The first-order valence-electron chi connectivity index (χ1n) is 6.85. The number of piperidine rings is 1. The van der Waals surface area contributed by atoms with Gasteiger partial charge in [-0.05, 0) is 32.7 Å². The van der Waals surface area contributed by atoms with Crippen LogP contribution in [-0.2, 0) is 9.47 Å². The number of hydrogen-bond acceptors (Lipinski definition) is 4. The minimum atomic E-state index is 0.703. The van der Waals surface area contributed by atoms with Gasteiger partial charge in [0.2, 0.25) is 0 Å². The normalized spacial score (nSPS) is 33.2. The van der Waals surface area contributed by atoms with Crippen molar-refractivity contribution in [3.05, 3.63) is 0 Å². The molecule has 2 rings (SSSR count). The van der Waals surface area contributed by atoms with Gasteiger partial charge in [0.25, 0.3) is 0 Å². The Labute approximate surface area is 105 Å². The maximum atomic E-state index is 5.57. The lowest BCUT2D eigenvalue weighted by Gasteiger charge is -2.38. The van der Waals surface area contributed by atoms with Crippen LogP contribution in [0, 0.1) is 0 Å². The van der Waals surface area contributed by atoms with E-state index in [1.165, 1.54) is 25.7 Å². The highest BCUT2D eigenvalue weighted by Crippen LogP contribution is 2.35. The molecule has 2 fully saturated rings. The van der Waals surface area contributed by atoms with Crippen LogP contribution in [0.25, 0.3) is 0 Å². The lowest BCUT2D eigenvalue weighted by molar-refractivity contribution is 0.0360. The van der Waals surface area contributed by atoms with Crippen molar-refractivity contribution < 1.29 is 9.47 Å². The molecule has 1 N–H and O–H groups in total. The SMILES string of the molecule is CNC1CC2CCC(C1)N2CCOCCOC. The van der Waals surface area contributed by atoms with Crippen molar-refractivity contribution >= 4 is 0 Å². The van der Waals surface area contributed by atoms with Gasteiger partial charge in [-0.15, -0.1) is 0 Å². The van der Waals surface area contributed by atoms with E-state index in [0.29, 0.717) is 6.61 Å². The zero-order chi connectivity index (χ0) is 12.1. The van der Waals surface area contributed by atoms with Crippen LogP contribution in [0.5, 0.6) is 0 Å². The number of fused-ring (bicyclic) bond motifs is 2. The van der Waals surface area contributed by atoms with E-state index in [1.54, 1.807) is 7.11 Å². The fourth-order valence-corrected chi connectivity index (χ4v) is 3.29. The van der Waals surface area contributed by atoms with Gasteiger partial charge in [0, 0.05) is 31.8 Å². The molecular weight excluding hydrogens is 216 g/mol. The minimum absolute atomic E-state index is 0.703. The van der Waals surface area contributed by atoms with Gasteiger partial charge in [0.05, 0.1) is 19.8 Å². The summed E-state index contributed by atoms with van der Waals surface area (Å²) in [4.78, 5) is 2.67. The molecule has 4 heteroatoms. The van der Waals surface area contributed by atoms with Gasteiger partial charge >= 0.3 is 0 Å². The number of hydrogen-bond donors (Lipinski definition) is 1. The highest BCUT2D eigenvalue weighted by Gasteiger charge is 2.39. The molecule has 0 spiro atoms. The van der Waals surface area contributed by atoms with E-state index in [1.807, 2.05) is 0 Å². The van der Waals surface area contributed by atoms with Crippen molar-refractivity contribution in [2.75, 3.05) is 40.5 Å². The number of nitrogens with one attached hydrogen (secondary N) is 1. The first kappa shape index (κ1) is 13.3. The quantitative estimate of drug-likeness (QED) is 0.672. The van der Waals surface area contributed by atoms with Gasteiger partial charge in [-0.1, -0.05) is 0 Å². The van der Waals surface area contributed by atoms with Crippen LogP contribution in [0.3, 0.4) is 0 Å². The van der Waals surface area contributed by atoms with Crippen LogP contribution in [-0.4, -0.2) is 63.5 Å². The van der Waals surface area contributed by atoms with E-state index in [2.05, 4.69) is 17.3 Å². The third-order valence-electron chi connectivity index (χ3n) is 4.22.